The van der Waals surface area contributed by atoms with E-state index in [1.54, 1.807) is 0 Å². The third-order valence-corrected chi connectivity index (χ3v) is 7.97. The van der Waals surface area contributed by atoms with Gasteiger partial charge in [0.15, 0.2) is 0 Å². The lowest BCUT2D eigenvalue weighted by atomic mass is 10.2. The van der Waals surface area contributed by atoms with Gasteiger partial charge in [-0.1, -0.05) is 13.8 Å². The van der Waals surface area contributed by atoms with E-state index in [4.69, 9.17) is 35.5 Å². The largest absolute Gasteiger partial charge is 0.466 e. The van der Waals surface area contributed by atoms with Crippen LogP contribution in [0.25, 0.3) is 0 Å². The highest BCUT2D eigenvalue weighted by atomic mass is 16.5. The predicted molar refractivity (Wildman–Crippen MR) is 190 cm³/mol. The molecule has 0 aliphatic carbocycles. The third kappa shape index (κ3) is 32.6. The quantitative estimate of drug-likeness (QED) is 0.0365. The van der Waals surface area contributed by atoms with Crippen LogP contribution in [0.2, 0.25) is 0 Å². The number of hydrogen-bond donors (Lipinski definition) is 5. The minimum atomic E-state index is -0.317. The van der Waals surface area contributed by atoms with Crippen LogP contribution in [0.15, 0.2) is 0 Å². The number of nitrogens with zero attached hydrogens (tertiary/aromatic N) is 1. The maximum absolute atomic E-state index is 12.3. The highest BCUT2D eigenvalue weighted by Gasteiger charge is 2.13. The van der Waals surface area contributed by atoms with Crippen LogP contribution in [0.3, 0.4) is 0 Å². The molecule has 14 nitrogen and oxygen atoms in total. The Morgan fingerprint density at radius 1 is 0.551 bits per heavy atom. The first-order valence-electron chi connectivity index (χ1n) is 18.6. The summed E-state index contributed by atoms with van der Waals surface area (Å²) in [7, 11) is 0. The van der Waals surface area contributed by atoms with Crippen LogP contribution in [0.1, 0.15) is 110 Å². The van der Waals surface area contributed by atoms with E-state index in [2.05, 4.69) is 10.6 Å². The molecular formula is C35H69N5O9. The molecule has 2 unspecified atom stereocenters. The smallest absolute Gasteiger partial charge is 0.307 e. The maximum Gasteiger partial charge on any atom is 0.307 e. The fourth-order valence-electron chi connectivity index (χ4n) is 4.51. The number of nitrogens with one attached hydrogen (secondary N) is 2. The van der Waals surface area contributed by atoms with Crippen LogP contribution in [-0.2, 0) is 38.1 Å². The van der Waals surface area contributed by atoms with Gasteiger partial charge in [0.25, 0.3) is 0 Å². The molecule has 0 saturated carbocycles. The number of aliphatic hydroxyl groups is 1. The molecule has 0 bridgehead atoms. The number of ether oxygens (including phenoxy) is 4. The van der Waals surface area contributed by atoms with Crippen LogP contribution in [0.5, 0.6) is 0 Å². The van der Waals surface area contributed by atoms with Crippen molar-refractivity contribution in [1.29, 1.82) is 0 Å². The molecule has 0 aromatic carbocycles. The molecule has 0 radical (unpaired) electrons. The van der Waals surface area contributed by atoms with Crippen molar-refractivity contribution < 1.29 is 43.2 Å². The monoisotopic (exact) mass is 704 g/mol. The minimum absolute atomic E-state index is 0.134. The zero-order valence-electron chi connectivity index (χ0n) is 30.6. The Labute approximate surface area is 295 Å². The molecule has 0 aromatic heterocycles. The molecule has 288 valence electrons. The highest BCUT2D eigenvalue weighted by Crippen LogP contribution is 2.05. The average Bonchev–Trinajstić information content (AvgIpc) is 3.09. The van der Waals surface area contributed by atoms with Crippen LogP contribution in [0.4, 0.5) is 0 Å². The van der Waals surface area contributed by atoms with E-state index in [-0.39, 0.29) is 81.8 Å². The van der Waals surface area contributed by atoms with Crippen LogP contribution >= 0.6 is 0 Å². The summed E-state index contributed by atoms with van der Waals surface area (Å²) in [6, 6.07) is 0.360. The van der Waals surface area contributed by atoms with Crippen LogP contribution < -0.4 is 22.1 Å². The molecule has 0 aliphatic rings. The molecule has 0 heterocycles. The van der Waals surface area contributed by atoms with E-state index in [1.807, 2.05) is 18.7 Å². The molecule has 0 spiro atoms. The van der Waals surface area contributed by atoms with Crippen molar-refractivity contribution in [3.63, 3.8) is 0 Å². The van der Waals surface area contributed by atoms with Crippen molar-refractivity contribution in [1.82, 2.24) is 15.5 Å². The summed E-state index contributed by atoms with van der Waals surface area (Å²) in [5.41, 5.74) is 11.7. The average molecular weight is 704 g/mol. The second-order valence-corrected chi connectivity index (χ2v) is 12.3. The molecule has 49 heavy (non-hydrogen) atoms. The Morgan fingerprint density at radius 2 is 0.939 bits per heavy atom. The summed E-state index contributed by atoms with van der Waals surface area (Å²) in [5, 5.41) is 15.4. The van der Waals surface area contributed by atoms with E-state index >= 15 is 0 Å². The summed E-state index contributed by atoms with van der Waals surface area (Å²) in [6.07, 6.45) is 9.42. The number of rotatable bonds is 35. The van der Waals surface area contributed by atoms with Gasteiger partial charge in [-0.2, -0.15) is 0 Å². The number of carbonyl (C=O) groups is 4. The number of aliphatic hydroxyl groups excluding tert-OH is 1. The normalized spacial score (nSPS) is 12.4. The van der Waals surface area contributed by atoms with Crippen LogP contribution in [-0.4, -0.2) is 125 Å². The van der Waals surface area contributed by atoms with E-state index in [9.17, 15) is 19.2 Å². The standard InChI is InChI=1S/C35H69N5O9/c1-3-30(36)12-18-38-20-14-32(42)46-26-8-10-28-48-34(44)16-23-40(22-6-5-7-25-41)24-17-35(45)49-29-11-9-27-47-33(43)15-21-39-19-13-31(37)4-2/h30-31,38-39,41H,3-29,36-37H2,1-2H3. The summed E-state index contributed by atoms with van der Waals surface area (Å²) >= 11 is 0. The molecule has 0 aromatic rings. The molecule has 2 atom stereocenters. The number of unbranched alkanes of at least 4 members (excludes halogenated alkanes) is 4. The molecule has 0 saturated heterocycles. The van der Waals surface area contributed by atoms with Crippen molar-refractivity contribution in [3.8, 4) is 0 Å². The lowest BCUT2D eigenvalue weighted by Crippen LogP contribution is -2.30. The Hall–Kier alpha value is -2.36. The van der Waals surface area contributed by atoms with E-state index < -0.39 is 0 Å². The fourth-order valence-corrected chi connectivity index (χ4v) is 4.51. The Balaban J connectivity index is 4.03. The molecule has 14 heteroatoms. The Kier molecular flexibility index (Phi) is 32.5. The van der Waals surface area contributed by atoms with Gasteiger partial charge in [0, 0.05) is 44.9 Å². The first-order valence-corrected chi connectivity index (χ1v) is 18.6. The lowest BCUT2D eigenvalue weighted by Gasteiger charge is -2.21. The summed E-state index contributed by atoms with van der Waals surface area (Å²) in [4.78, 5) is 50.3. The van der Waals surface area contributed by atoms with Crippen molar-refractivity contribution in [2.75, 3.05) is 78.8 Å². The first kappa shape index (κ1) is 46.6. The van der Waals surface area contributed by atoms with E-state index in [0.717, 1.165) is 51.6 Å². The lowest BCUT2D eigenvalue weighted by molar-refractivity contribution is -0.147. The molecule has 0 amide bonds. The Bertz CT molecular complexity index is 777. The number of hydrogen-bond acceptors (Lipinski definition) is 14. The minimum Gasteiger partial charge on any atom is -0.466 e. The van der Waals surface area contributed by atoms with E-state index in [1.165, 1.54) is 0 Å². The molecule has 0 aliphatic heterocycles. The highest BCUT2D eigenvalue weighted by molar-refractivity contribution is 5.70. The Morgan fingerprint density at radius 3 is 1.31 bits per heavy atom. The SMILES string of the molecule is CCC(N)CCNCCC(=O)OCCCCOC(=O)CCN(CCCCCO)CCC(=O)OCCCCOC(=O)CCNCCC(N)CC. The van der Waals surface area contributed by atoms with Crippen molar-refractivity contribution in [3.05, 3.63) is 0 Å². The molecule has 7 N–H and O–H groups in total. The number of esters is 4. The topological polar surface area (TPSA) is 205 Å². The van der Waals surface area contributed by atoms with Gasteiger partial charge in [-0.25, -0.2) is 0 Å². The first-order chi connectivity index (χ1) is 23.7. The molecule has 0 rings (SSSR count). The molecule has 0 fully saturated rings. The summed E-state index contributed by atoms with van der Waals surface area (Å²) in [5.74, 6) is -1.15. The van der Waals surface area contributed by atoms with Gasteiger partial charge in [0.2, 0.25) is 0 Å². The van der Waals surface area contributed by atoms with Gasteiger partial charge in [-0.15, -0.1) is 0 Å². The van der Waals surface area contributed by atoms with Crippen LogP contribution in [0, 0.1) is 0 Å². The summed E-state index contributed by atoms with van der Waals surface area (Å²) < 4.78 is 21.1. The third-order valence-electron chi connectivity index (χ3n) is 7.97. The maximum atomic E-state index is 12.3. The zero-order chi connectivity index (χ0) is 36.4. The predicted octanol–water partition coefficient (Wildman–Crippen LogP) is 2.18. The summed E-state index contributed by atoms with van der Waals surface area (Å²) in [6.45, 7) is 9.58. The van der Waals surface area contributed by atoms with Gasteiger partial charge in [-0.3, -0.25) is 19.2 Å². The second-order valence-electron chi connectivity index (χ2n) is 12.3. The van der Waals surface area contributed by atoms with Gasteiger partial charge in [0.1, 0.15) is 0 Å². The van der Waals surface area contributed by atoms with Crippen molar-refractivity contribution >= 4 is 23.9 Å². The zero-order valence-corrected chi connectivity index (χ0v) is 30.6. The fraction of sp³-hybridized carbons (Fsp3) is 0.886. The number of nitrogens with two attached hydrogens (primary N) is 2. The van der Waals surface area contributed by atoms with Crippen molar-refractivity contribution in [2.24, 2.45) is 11.5 Å². The molecular weight excluding hydrogens is 634 g/mol. The van der Waals surface area contributed by atoms with E-state index in [0.29, 0.717) is 77.7 Å². The van der Waals surface area contributed by atoms with Gasteiger partial charge < -0.3 is 51.1 Å². The van der Waals surface area contributed by atoms with Crippen molar-refractivity contribution in [2.45, 2.75) is 122 Å². The number of carbonyl (C=O) groups excluding carboxylic acids is 4. The van der Waals surface area contributed by atoms with Gasteiger partial charge in [-0.05, 0) is 90.3 Å². The second kappa shape index (κ2) is 34.1. The van der Waals surface area contributed by atoms with Gasteiger partial charge in [0.05, 0.1) is 52.1 Å². The van der Waals surface area contributed by atoms with Gasteiger partial charge >= 0.3 is 23.9 Å².